The van der Waals surface area contributed by atoms with Gasteiger partial charge in [0.05, 0.1) is 22.1 Å². The summed E-state index contributed by atoms with van der Waals surface area (Å²) in [5, 5.41) is 7.51. The van der Waals surface area contributed by atoms with Crippen molar-refractivity contribution in [2.75, 3.05) is 4.90 Å². The summed E-state index contributed by atoms with van der Waals surface area (Å²) in [5.41, 5.74) is 10.5. The highest BCUT2D eigenvalue weighted by molar-refractivity contribution is 6.26. The van der Waals surface area contributed by atoms with Gasteiger partial charge in [0, 0.05) is 60.8 Å². The van der Waals surface area contributed by atoms with Crippen molar-refractivity contribution in [3.05, 3.63) is 188 Å². The monoisotopic (exact) mass is 625 g/mol. The topological polar surface area (TPSA) is 13.1 Å². The molecule has 0 spiro atoms. The molecule has 0 saturated carbocycles. The molecular weight excluding hydrogens is 595 g/mol. The predicted molar refractivity (Wildman–Crippen MR) is 207 cm³/mol. The second kappa shape index (κ2) is 11.0. The number of hydrogen-bond acceptors (Lipinski definition) is 1. The van der Waals surface area contributed by atoms with Crippen molar-refractivity contribution in [3.63, 3.8) is 0 Å². The Bertz CT molecular complexity index is 2750. The Balaban J connectivity index is 1.24. The number of aromatic nitrogens is 2. The number of benzene rings is 8. The molecule has 2 heterocycles. The lowest BCUT2D eigenvalue weighted by Crippen LogP contribution is -2.09. The standard InChI is InChI=1S/C46H31N3/c1-4-14-32(15-5-1)47(33-16-6-2-7-17-33)35-24-26-36(27-25-35)49-44-23-13-11-21-38(44)40-29-30-41-42(46(40)49)31-28-39-37-20-10-12-22-43(37)48(45(39)41)34-18-8-3-9-19-34/h1-31H. The van der Waals surface area contributed by atoms with E-state index in [0.29, 0.717) is 0 Å². The van der Waals surface area contributed by atoms with Gasteiger partial charge in [-0.1, -0.05) is 115 Å². The summed E-state index contributed by atoms with van der Waals surface area (Å²) in [6.45, 7) is 0. The minimum absolute atomic E-state index is 1.11. The van der Waals surface area contributed by atoms with Gasteiger partial charge in [-0.15, -0.1) is 0 Å². The van der Waals surface area contributed by atoms with Gasteiger partial charge in [-0.25, -0.2) is 0 Å². The molecule has 0 atom stereocenters. The van der Waals surface area contributed by atoms with Crippen LogP contribution in [0.3, 0.4) is 0 Å². The summed E-state index contributed by atoms with van der Waals surface area (Å²) in [5.74, 6) is 0. The van der Waals surface area contributed by atoms with E-state index in [-0.39, 0.29) is 0 Å². The zero-order valence-corrected chi connectivity index (χ0v) is 26.7. The quantitative estimate of drug-likeness (QED) is 0.185. The molecule has 230 valence electrons. The first-order valence-corrected chi connectivity index (χ1v) is 16.8. The Morgan fingerprint density at radius 2 is 0.612 bits per heavy atom. The summed E-state index contributed by atoms with van der Waals surface area (Å²) in [7, 11) is 0. The van der Waals surface area contributed by atoms with E-state index in [0.717, 1.165) is 22.7 Å². The average molecular weight is 626 g/mol. The van der Waals surface area contributed by atoms with Crippen LogP contribution in [0.4, 0.5) is 17.1 Å². The van der Waals surface area contributed by atoms with Crippen molar-refractivity contribution in [3.8, 4) is 11.4 Å². The van der Waals surface area contributed by atoms with Crippen molar-refractivity contribution in [2.24, 2.45) is 0 Å². The van der Waals surface area contributed by atoms with Gasteiger partial charge in [-0.05, 0) is 72.8 Å². The normalized spacial score (nSPS) is 11.7. The summed E-state index contributed by atoms with van der Waals surface area (Å²) >= 11 is 0. The Hall–Kier alpha value is -6.58. The lowest BCUT2D eigenvalue weighted by Gasteiger charge is -2.25. The fourth-order valence-electron chi connectivity index (χ4n) is 7.79. The fraction of sp³-hybridized carbons (Fsp3) is 0. The molecule has 0 aliphatic carbocycles. The highest BCUT2D eigenvalue weighted by Gasteiger charge is 2.20. The largest absolute Gasteiger partial charge is 0.311 e. The van der Waals surface area contributed by atoms with Crippen molar-refractivity contribution in [1.29, 1.82) is 0 Å². The van der Waals surface area contributed by atoms with Crippen LogP contribution >= 0.6 is 0 Å². The molecule has 0 unspecified atom stereocenters. The maximum Gasteiger partial charge on any atom is 0.0620 e. The molecule has 0 N–H and O–H groups in total. The Morgan fingerprint density at radius 1 is 0.265 bits per heavy atom. The van der Waals surface area contributed by atoms with Gasteiger partial charge in [-0.2, -0.15) is 0 Å². The number of rotatable bonds is 5. The summed E-state index contributed by atoms with van der Waals surface area (Å²) < 4.78 is 4.88. The molecule has 0 aliphatic rings. The SMILES string of the molecule is c1ccc(N(c2ccccc2)c2ccc(-n3c4ccccc4c4ccc5c(ccc6c7ccccc7n(-c7ccccc7)c65)c43)cc2)cc1. The third kappa shape index (κ3) is 4.23. The molecule has 8 aromatic carbocycles. The molecule has 0 fully saturated rings. The lowest BCUT2D eigenvalue weighted by molar-refractivity contribution is 1.18. The minimum atomic E-state index is 1.11. The molecule has 10 aromatic rings. The van der Waals surface area contributed by atoms with Crippen LogP contribution in [0.15, 0.2) is 188 Å². The van der Waals surface area contributed by atoms with E-state index in [1.165, 1.54) is 60.1 Å². The summed E-state index contributed by atoms with van der Waals surface area (Å²) in [4.78, 5) is 2.31. The molecule has 0 aliphatic heterocycles. The van der Waals surface area contributed by atoms with Crippen LogP contribution < -0.4 is 4.90 Å². The van der Waals surface area contributed by atoms with Gasteiger partial charge in [0.1, 0.15) is 0 Å². The van der Waals surface area contributed by atoms with Crippen LogP contribution in [0.1, 0.15) is 0 Å². The molecule has 0 radical (unpaired) electrons. The van der Waals surface area contributed by atoms with E-state index < -0.39 is 0 Å². The Kier molecular flexibility index (Phi) is 6.18. The number of hydrogen-bond donors (Lipinski definition) is 0. The molecular formula is C46H31N3. The molecule has 3 heteroatoms. The van der Waals surface area contributed by atoms with Crippen LogP contribution in [0.2, 0.25) is 0 Å². The molecule has 10 rings (SSSR count). The van der Waals surface area contributed by atoms with Gasteiger partial charge >= 0.3 is 0 Å². The zero-order chi connectivity index (χ0) is 32.3. The Morgan fingerprint density at radius 3 is 1.08 bits per heavy atom. The first kappa shape index (κ1) is 27.5. The van der Waals surface area contributed by atoms with E-state index in [2.05, 4.69) is 202 Å². The molecule has 49 heavy (non-hydrogen) atoms. The number of fused-ring (bicyclic) bond motifs is 9. The number of para-hydroxylation sites is 5. The first-order chi connectivity index (χ1) is 24.3. The third-order valence-electron chi connectivity index (χ3n) is 9.87. The van der Waals surface area contributed by atoms with Crippen LogP contribution in [-0.4, -0.2) is 9.13 Å². The van der Waals surface area contributed by atoms with E-state index in [1.54, 1.807) is 0 Å². The Labute approximate surface area is 284 Å². The smallest absolute Gasteiger partial charge is 0.0620 e. The molecule has 2 aromatic heterocycles. The van der Waals surface area contributed by atoms with Crippen LogP contribution in [0.25, 0.3) is 65.8 Å². The highest BCUT2D eigenvalue weighted by atomic mass is 15.1. The first-order valence-electron chi connectivity index (χ1n) is 16.8. The molecule has 3 nitrogen and oxygen atoms in total. The second-order valence-corrected chi connectivity index (χ2v) is 12.6. The minimum Gasteiger partial charge on any atom is -0.311 e. The van der Waals surface area contributed by atoms with E-state index in [9.17, 15) is 0 Å². The van der Waals surface area contributed by atoms with E-state index in [1.807, 2.05) is 0 Å². The van der Waals surface area contributed by atoms with Crippen molar-refractivity contribution in [2.45, 2.75) is 0 Å². The van der Waals surface area contributed by atoms with Crippen molar-refractivity contribution < 1.29 is 0 Å². The van der Waals surface area contributed by atoms with Crippen molar-refractivity contribution in [1.82, 2.24) is 9.13 Å². The average Bonchev–Trinajstić information content (AvgIpc) is 3.70. The lowest BCUT2D eigenvalue weighted by atomic mass is 10.0. The summed E-state index contributed by atoms with van der Waals surface area (Å²) in [6, 6.07) is 67.8. The predicted octanol–water partition coefficient (Wildman–Crippen LogP) is 12.5. The van der Waals surface area contributed by atoms with Crippen LogP contribution in [0.5, 0.6) is 0 Å². The van der Waals surface area contributed by atoms with Gasteiger partial charge in [0.2, 0.25) is 0 Å². The summed E-state index contributed by atoms with van der Waals surface area (Å²) in [6.07, 6.45) is 0. The van der Waals surface area contributed by atoms with Crippen LogP contribution in [-0.2, 0) is 0 Å². The molecule has 0 saturated heterocycles. The van der Waals surface area contributed by atoms with Gasteiger partial charge < -0.3 is 14.0 Å². The number of anilines is 3. The zero-order valence-electron chi connectivity index (χ0n) is 26.7. The van der Waals surface area contributed by atoms with Crippen molar-refractivity contribution >= 4 is 71.4 Å². The highest BCUT2D eigenvalue weighted by Crippen LogP contribution is 2.42. The number of nitrogens with zero attached hydrogens (tertiary/aromatic N) is 3. The third-order valence-corrected chi connectivity index (χ3v) is 9.87. The van der Waals surface area contributed by atoms with Gasteiger partial charge in [-0.3, -0.25) is 0 Å². The fourth-order valence-corrected chi connectivity index (χ4v) is 7.79. The van der Waals surface area contributed by atoms with Crippen LogP contribution in [0, 0.1) is 0 Å². The van der Waals surface area contributed by atoms with Gasteiger partial charge in [0.25, 0.3) is 0 Å². The molecule has 0 amide bonds. The maximum atomic E-state index is 2.45. The maximum absolute atomic E-state index is 2.45. The van der Waals surface area contributed by atoms with Gasteiger partial charge in [0.15, 0.2) is 0 Å². The second-order valence-electron chi connectivity index (χ2n) is 12.6. The molecule has 0 bridgehead atoms. The van der Waals surface area contributed by atoms with E-state index in [4.69, 9.17) is 0 Å². The van der Waals surface area contributed by atoms with E-state index >= 15 is 0 Å².